The summed E-state index contributed by atoms with van der Waals surface area (Å²) in [6.07, 6.45) is 2.65. The van der Waals surface area contributed by atoms with Crippen molar-refractivity contribution in [1.29, 1.82) is 0 Å². The third-order valence-electron chi connectivity index (χ3n) is 3.02. The molecule has 0 fully saturated rings. The number of nitrogens with one attached hydrogen (secondary N) is 2. The second kappa shape index (κ2) is 8.27. The summed E-state index contributed by atoms with van der Waals surface area (Å²) in [5.74, 6) is -1.19. The first kappa shape index (κ1) is 18.4. The molecule has 128 valence electrons. The zero-order chi connectivity index (χ0) is 18.4. The van der Waals surface area contributed by atoms with Crippen molar-refractivity contribution in [1.82, 2.24) is 10.9 Å². The summed E-state index contributed by atoms with van der Waals surface area (Å²) in [6.45, 7) is 0. The van der Waals surface area contributed by atoms with Crippen molar-refractivity contribution in [2.45, 2.75) is 0 Å². The first-order valence-electron chi connectivity index (χ1n) is 6.85. The molecule has 25 heavy (non-hydrogen) atoms. The van der Waals surface area contributed by atoms with Gasteiger partial charge in [-0.15, -0.1) is 0 Å². The van der Waals surface area contributed by atoms with Gasteiger partial charge in [-0.3, -0.25) is 30.6 Å². The van der Waals surface area contributed by atoms with Gasteiger partial charge in [0.15, 0.2) is 0 Å². The molecule has 0 aromatic heterocycles. The first-order valence-corrected chi connectivity index (χ1v) is 7.60. The number of nitro groups is 1. The van der Waals surface area contributed by atoms with E-state index < -0.39 is 16.7 Å². The normalized spacial score (nSPS) is 10.5. The topological polar surface area (TPSA) is 101 Å². The standard InChI is InChI=1S/C16H11Cl2N3O4/c17-12-5-1-10(14(18)9-12)4-8-15(22)19-20-16(23)11-2-6-13(7-3-11)21(24)25/h1-9H,(H,19,22)(H,20,23)/b8-4+. The number of nitrogens with zero attached hydrogens (tertiary/aromatic N) is 1. The van der Waals surface area contributed by atoms with Crippen molar-refractivity contribution in [3.05, 3.63) is 79.8 Å². The third-order valence-corrected chi connectivity index (χ3v) is 3.58. The van der Waals surface area contributed by atoms with Gasteiger partial charge < -0.3 is 0 Å². The lowest BCUT2D eigenvalue weighted by atomic mass is 10.2. The van der Waals surface area contributed by atoms with Crippen molar-refractivity contribution < 1.29 is 14.5 Å². The van der Waals surface area contributed by atoms with Gasteiger partial charge in [0.05, 0.1) is 4.92 Å². The summed E-state index contributed by atoms with van der Waals surface area (Å²) in [4.78, 5) is 33.5. The van der Waals surface area contributed by atoms with Crippen LogP contribution in [0.15, 0.2) is 48.5 Å². The fourth-order valence-corrected chi connectivity index (χ4v) is 2.24. The van der Waals surface area contributed by atoms with Gasteiger partial charge in [0.25, 0.3) is 17.5 Å². The van der Waals surface area contributed by atoms with Gasteiger partial charge in [0.2, 0.25) is 0 Å². The Kier molecular flexibility index (Phi) is 6.10. The van der Waals surface area contributed by atoms with Gasteiger partial charge in [0.1, 0.15) is 0 Å². The van der Waals surface area contributed by atoms with Crippen LogP contribution in [0.1, 0.15) is 15.9 Å². The maximum absolute atomic E-state index is 11.8. The molecule has 9 heteroatoms. The number of hydrogen-bond donors (Lipinski definition) is 2. The molecular weight excluding hydrogens is 369 g/mol. The van der Waals surface area contributed by atoms with Gasteiger partial charge >= 0.3 is 0 Å². The zero-order valence-electron chi connectivity index (χ0n) is 12.5. The van der Waals surface area contributed by atoms with Gasteiger partial charge in [-0.2, -0.15) is 0 Å². The van der Waals surface area contributed by atoms with E-state index >= 15 is 0 Å². The number of rotatable bonds is 4. The summed E-state index contributed by atoms with van der Waals surface area (Å²) < 4.78 is 0. The number of nitro benzene ring substituents is 1. The van der Waals surface area contributed by atoms with Crippen LogP contribution < -0.4 is 10.9 Å². The predicted octanol–water partition coefficient (Wildman–Crippen LogP) is 3.38. The van der Waals surface area contributed by atoms with Crippen LogP contribution in [0.3, 0.4) is 0 Å². The molecule has 0 unspecified atom stereocenters. The largest absolute Gasteiger partial charge is 0.269 e. The number of amides is 2. The Morgan fingerprint density at radius 3 is 2.32 bits per heavy atom. The molecule has 0 aliphatic rings. The highest BCUT2D eigenvalue weighted by molar-refractivity contribution is 6.35. The highest BCUT2D eigenvalue weighted by Gasteiger charge is 2.09. The van der Waals surface area contributed by atoms with Crippen LogP contribution >= 0.6 is 23.2 Å². The van der Waals surface area contributed by atoms with E-state index in [2.05, 4.69) is 10.9 Å². The fraction of sp³-hybridized carbons (Fsp3) is 0. The lowest BCUT2D eigenvalue weighted by molar-refractivity contribution is -0.384. The molecule has 0 bridgehead atoms. The Labute approximate surface area is 152 Å². The van der Waals surface area contributed by atoms with E-state index in [0.717, 1.165) is 0 Å². The minimum absolute atomic E-state index is 0.136. The summed E-state index contributed by atoms with van der Waals surface area (Å²) in [5, 5.41) is 11.4. The van der Waals surface area contributed by atoms with E-state index in [9.17, 15) is 19.7 Å². The number of carbonyl (C=O) groups is 2. The maximum Gasteiger partial charge on any atom is 0.269 e. The molecule has 0 saturated carbocycles. The summed E-state index contributed by atoms with van der Waals surface area (Å²) in [6, 6.07) is 9.76. The lowest BCUT2D eigenvalue weighted by Crippen LogP contribution is -2.40. The summed E-state index contributed by atoms with van der Waals surface area (Å²) in [5.41, 5.74) is 5.00. The molecule has 0 radical (unpaired) electrons. The molecule has 0 aliphatic carbocycles. The molecule has 0 aliphatic heterocycles. The Hall–Kier alpha value is -2.90. The van der Waals surface area contributed by atoms with Gasteiger partial charge in [-0.1, -0.05) is 29.3 Å². The average molecular weight is 380 g/mol. The van der Waals surface area contributed by atoms with Gasteiger partial charge in [-0.25, -0.2) is 0 Å². The number of non-ortho nitro benzene ring substituents is 1. The van der Waals surface area contributed by atoms with Crippen molar-refractivity contribution in [3.8, 4) is 0 Å². The molecular formula is C16H11Cl2N3O4. The summed E-state index contributed by atoms with van der Waals surface area (Å²) in [7, 11) is 0. The molecule has 2 aromatic carbocycles. The van der Waals surface area contributed by atoms with Crippen LogP contribution in [0.5, 0.6) is 0 Å². The minimum atomic E-state index is -0.610. The van der Waals surface area contributed by atoms with Crippen LogP contribution in [-0.2, 0) is 4.79 Å². The van der Waals surface area contributed by atoms with Crippen LogP contribution in [-0.4, -0.2) is 16.7 Å². The molecule has 0 heterocycles. The monoisotopic (exact) mass is 379 g/mol. The second-order valence-corrected chi connectivity index (χ2v) is 5.59. The Bertz CT molecular complexity index is 851. The first-order chi connectivity index (χ1) is 11.9. The molecule has 0 spiro atoms. The number of hydrogen-bond acceptors (Lipinski definition) is 4. The number of halogens is 2. The van der Waals surface area contributed by atoms with Gasteiger partial charge in [-0.05, 0) is 35.9 Å². The lowest BCUT2D eigenvalue weighted by Gasteiger charge is -2.05. The van der Waals surface area contributed by atoms with Crippen molar-refractivity contribution in [2.24, 2.45) is 0 Å². The van der Waals surface area contributed by atoms with Crippen molar-refractivity contribution in [2.75, 3.05) is 0 Å². The smallest absolute Gasteiger partial charge is 0.268 e. The third kappa shape index (κ3) is 5.30. The molecule has 0 saturated heterocycles. The molecule has 2 aromatic rings. The highest BCUT2D eigenvalue weighted by atomic mass is 35.5. The van der Waals surface area contributed by atoms with E-state index in [1.54, 1.807) is 12.1 Å². The SMILES string of the molecule is O=C(/C=C/c1ccc(Cl)cc1Cl)NNC(=O)c1ccc([N+](=O)[O-])cc1. The van der Waals surface area contributed by atoms with E-state index in [1.165, 1.54) is 42.5 Å². The number of hydrazine groups is 1. The Morgan fingerprint density at radius 2 is 1.72 bits per heavy atom. The maximum atomic E-state index is 11.8. The predicted molar refractivity (Wildman–Crippen MR) is 94.2 cm³/mol. The molecule has 0 atom stereocenters. The average Bonchev–Trinajstić information content (AvgIpc) is 2.59. The van der Waals surface area contributed by atoms with Gasteiger partial charge in [0, 0.05) is 33.8 Å². The Balaban J connectivity index is 1.91. The molecule has 2 amide bonds. The van der Waals surface area contributed by atoms with Crippen LogP contribution in [0.25, 0.3) is 6.08 Å². The molecule has 7 nitrogen and oxygen atoms in total. The quantitative estimate of drug-likeness (QED) is 0.482. The Morgan fingerprint density at radius 1 is 1.04 bits per heavy atom. The van der Waals surface area contributed by atoms with Crippen molar-refractivity contribution in [3.63, 3.8) is 0 Å². The van der Waals surface area contributed by atoms with E-state index in [4.69, 9.17) is 23.2 Å². The summed E-state index contributed by atoms with van der Waals surface area (Å²) >= 11 is 11.7. The second-order valence-electron chi connectivity index (χ2n) is 4.75. The molecule has 2 N–H and O–H groups in total. The van der Waals surface area contributed by atoms with E-state index in [0.29, 0.717) is 15.6 Å². The minimum Gasteiger partial charge on any atom is -0.268 e. The van der Waals surface area contributed by atoms with Crippen molar-refractivity contribution >= 4 is 46.8 Å². The fourth-order valence-electron chi connectivity index (χ4n) is 1.77. The van der Waals surface area contributed by atoms with E-state index in [1.807, 2.05) is 0 Å². The van der Waals surface area contributed by atoms with Crippen LogP contribution in [0, 0.1) is 10.1 Å². The van der Waals surface area contributed by atoms with Crippen LogP contribution in [0.4, 0.5) is 5.69 Å². The van der Waals surface area contributed by atoms with Crippen LogP contribution in [0.2, 0.25) is 10.0 Å². The molecule has 2 rings (SSSR count). The zero-order valence-corrected chi connectivity index (χ0v) is 14.0. The number of carbonyl (C=O) groups excluding carboxylic acids is 2. The highest BCUT2D eigenvalue weighted by Crippen LogP contribution is 2.21. The number of benzene rings is 2. The van der Waals surface area contributed by atoms with E-state index in [-0.39, 0.29) is 11.3 Å².